The van der Waals surface area contributed by atoms with Crippen LogP contribution < -0.4 is 15.5 Å². The standard InChI is InChI=1S/C28H21ClN4O4/c1-17-6-10-20(11-7-17)30-25(34)16-32-15-18(22-4-2-3-5-24(22)32)14-23-26(35)31-28(37)33(27(23)36)21-12-8-19(29)9-13-21/h2-15H,16H2,1H3,(H,30,34)(H,31,35,37)/b23-14+. The zero-order valence-corrected chi connectivity index (χ0v) is 20.5. The number of aryl methyl sites for hydroxylation is 1. The summed E-state index contributed by atoms with van der Waals surface area (Å²) in [4.78, 5) is 52.0. The number of amides is 5. The van der Waals surface area contributed by atoms with Crippen molar-refractivity contribution in [3.8, 4) is 0 Å². The number of nitrogens with one attached hydrogen (secondary N) is 2. The van der Waals surface area contributed by atoms with Gasteiger partial charge in [-0.25, -0.2) is 9.69 Å². The van der Waals surface area contributed by atoms with Crippen LogP contribution in [0.2, 0.25) is 5.02 Å². The maximum atomic E-state index is 13.3. The van der Waals surface area contributed by atoms with Gasteiger partial charge in [0.15, 0.2) is 0 Å². The lowest BCUT2D eigenvalue weighted by atomic mass is 10.1. The van der Waals surface area contributed by atoms with Crippen LogP contribution in [0.4, 0.5) is 16.2 Å². The summed E-state index contributed by atoms with van der Waals surface area (Å²) < 4.78 is 1.75. The molecule has 0 bridgehead atoms. The van der Waals surface area contributed by atoms with E-state index in [0.29, 0.717) is 16.3 Å². The Kier molecular flexibility index (Phi) is 6.33. The number of carbonyl (C=O) groups is 4. The number of hydrogen-bond donors (Lipinski definition) is 2. The van der Waals surface area contributed by atoms with E-state index in [1.807, 2.05) is 55.5 Å². The highest BCUT2D eigenvalue weighted by molar-refractivity contribution is 6.39. The number of fused-ring (bicyclic) bond motifs is 1. The number of carbonyl (C=O) groups excluding carboxylic acids is 4. The lowest BCUT2D eigenvalue weighted by Gasteiger charge is -2.26. The predicted octanol–water partition coefficient (Wildman–Crippen LogP) is 4.91. The first kappa shape index (κ1) is 24.0. The van der Waals surface area contributed by atoms with E-state index in [1.165, 1.54) is 18.2 Å². The Balaban J connectivity index is 1.47. The molecule has 1 saturated heterocycles. The van der Waals surface area contributed by atoms with Crippen LogP contribution in [0.15, 0.2) is 84.6 Å². The van der Waals surface area contributed by atoms with E-state index in [9.17, 15) is 19.2 Å². The Morgan fingerprint density at radius 3 is 2.41 bits per heavy atom. The molecule has 4 aromatic rings. The van der Waals surface area contributed by atoms with E-state index in [4.69, 9.17) is 11.6 Å². The summed E-state index contributed by atoms with van der Waals surface area (Å²) in [5.41, 5.74) is 3.16. The Hall–Kier alpha value is -4.69. The summed E-state index contributed by atoms with van der Waals surface area (Å²) in [5, 5.41) is 6.28. The van der Waals surface area contributed by atoms with Gasteiger partial charge in [-0.2, -0.15) is 0 Å². The molecule has 1 aliphatic heterocycles. The highest BCUT2D eigenvalue weighted by atomic mass is 35.5. The fourth-order valence-corrected chi connectivity index (χ4v) is 4.28. The van der Waals surface area contributed by atoms with Crippen LogP contribution in [0.3, 0.4) is 0 Å². The molecule has 9 heteroatoms. The zero-order chi connectivity index (χ0) is 26.1. The molecule has 184 valence electrons. The maximum absolute atomic E-state index is 13.3. The highest BCUT2D eigenvalue weighted by Crippen LogP contribution is 2.27. The topological polar surface area (TPSA) is 101 Å². The summed E-state index contributed by atoms with van der Waals surface area (Å²) in [6.07, 6.45) is 3.14. The van der Waals surface area contributed by atoms with Crippen molar-refractivity contribution in [3.63, 3.8) is 0 Å². The molecule has 3 aromatic carbocycles. The van der Waals surface area contributed by atoms with Crippen molar-refractivity contribution in [2.75, 3.05) is 10.2 Å². The number of aromatic nitrogens is 1. The van der Waals surface area contributed by atoms with Crippen LogP contribution in [-0.4, -0.2) is 28.3 Å². The van der Waals surface area contributed by atoms with Gasteiger partial charge in [0, 0.05) is 33.4 Å². The second-order valence-corrected chi connectivity index (χ2v) is 9.01. The Morgan fingerprint density at radius 2 is 1.68 bits per heavy atom. The molecular formula is C28H21ClN4O4. The van der Waals surface area contributed by atoms with Gasteiger partial charge in [0.1, 0.15) is 12.1 Å². The first-order valence-corrected chi connectivity index (χ1v) is 11.8. The fraction of sp³-hybridized carbons (Fsp3) is 0.0714. The van der Waals surface area contributed by atoms with Gasteiger partial charge >= 0.3 is 6.03 Å². The third kappa shape index (κ3) is 4.87. The molecule has 2 N–H and O–H groups in total. The smallest absolute Gasteiger partial charge is 0.335 e. The third-order valence-electron chi connectivity index (χ3n) is 5.96. The van der Waals surface area contributed by atoms with Crippen molar-refractivity contribution in [2.24, 2.45) is 0 Å². The van der Waals surface area contributed by atoms with Crippen LogP contribution in [-0.2, 0) is 20.9 Å². The number of halogens is 1. The van der Waals surface area contributed by atoms with Crippen molar-refractivity contribution in [1.29, 1.82) is 0 Å². The molecule has 2 heterocycles. The number of imide groups is 2. The van der Waals surface area contributed by atoms with Gasteiger partial charge in [-0.15, -0.1) is 0 Å². The molecule has 0 radical (unpaired) electrons. The van der Waals surface area contributed by atoms with Crippen LogP contribution in [0.1, 0.15) is 11.1 Å². The van der Waals surface area contributed by atoms with Crippen molar-refractivity contribution in [3.05, 3.63) is 101 Å². The zero-order valence-electron chi connectivity index (χ0n) is 19.7. The molecule has 0 spiro atoms. The average molecular weight is 513 g/mol. The van der Waals surface area contributed by atoms with Gasteiger partial charge in [0.05, 0.1) is 5.69 Å². The van der Waals surface area contributed by atoms with Crippen LogP contribution in [0.5, 0.6) is 0 Å². The molecule has 0 atom stereocenters. The monoisotopic (exact) mass is 512 g/mol. The molecule has 5 rings (SSSR count). The molecule has 0 saturated carbocycles. The van der Waals surface area contributed by atoms with Gasteiger partial charge in [-0.05, 0) is 55.5 Å². The molecular weight excluding hydrogens is 492 g/mol. The van der Waals surface area contributed by atoms with E-state index < -0.39 is 17.8 Å². The summed E-state index contributed by atoms with van der Waals surface area (Å²) in [5.74, 6) is -1.78. The number of rotatable bonds is 5. The van der Waals surface area contributed by atoms with Crippen LogP contribution in [0.25, 0.3) is 17.0 Å². The second kappa shape index (κ2) is 9.75. The number of urea groups is 1. The summed E-state index contributed by atoms with van der Waals surface area (Å²) in [6, 6.07) is 20.1. The van der Waals surface area contributed by atoms with Crippen LogP contribution in [0, 0.1) is 6.92 Å². The Bertz CT molecular complexity index is 1590. The van der Waals surface area contributed by atoms with E-state index in [1.54, 1.807) is 22.9 Å². The van der Waals surface area contributed by atoms with Crippen molar-refractivity contribution < 1.29 is 19.2 Å². The molecule has 8 nitrogen and oxygen atoms in total. The Labute approximate surface area is 217 Å². The quantitative estimate of drug-likeness (QED) is 0.293. The van der Waals surface area contributed by atoms with Gasteiger partial charge in [0.25, 0.3) is 11.8 Å². The molecule has 0 aliphatic carbocycles. The number of barbiturate groups is 1. The van der Waals surface area contributed by atoms with Gasteiger partial charge in [0.2, 0.25) is 5.91 Å². The predicted molar refractivity (Wildman–Crippen MR) is 142 cm³/mol. The highest BCUT2D eigenvalue weighted by Gasteiger charge is 2.37. The lowest BCUT2D eigenvalue weighted by Crippen LogP contribution is -2.54. The fourth-order valence-electron chi connectivity index (χ4n) is 4.15. The third-order valence-corrected chi connectivity index (χ3v) is 6.21. The number of para-hydroxylation sites is 1. The van der Waals surface area contributed by atoms with E-state index in [-0.39, 0.29) is 23.7 Å². The van der Waals surface area contributed by atoms with E-state index in [0.717, 1.165) is 21.4 Å². The van der Waals surface area contributed by atoms with E-state index in [2.05, 4.69) is 10.6 Å². The molecule has 5 amide bonds. The SMILES string of the molecule is Cc1ccc(NC(=O)Cn2cc(/C=C3\C(=O)NC(=O)N(c4ccc(Cl)cc4)C3=O)c3ccccc32)cc1. The van der Waals surface area contributed by atoms with Crippen LogP contribution >= 0.6 is 11.6 Å². The molecule has 0 unspecified atom stereocenters. The summed E-state index contributed by atoms with van der Waals surface area (Å²) in [6.45, 7) is 1.99. The first-order chi connectivity index (χ1) is 17.8. The molecule has 1 fully saturated rings. The number of hydrogen-bond acceptors (Lipinski definition) is 4. The Morgan fingerprint density at radius 1 is 0.973 bits per heavy atom. The normalized spacial score (nSPS) is 14.8. The maximum Gasteiger partial charge on any atom is 0.335 e. The minimum atomic E-state index is -0.843. The summed E-state index contributed by atoms with van der Waals surface area (Å²) >= 11 is 5.93. The van der Waals surface area contributed by atoms with Gasteiger partial charge < -0.3 is 9.88 Å². The molecule has 1 aromatic heterocycles. The number of anilines is 2. The minimum Gasteiger partial charge on any atom is -0.337 e. The van der Waals surface area contributed by atoms with Crippen molar-refractivity contribution >= 4 is 63.7 Å². The van der Waals surface area contributed by atoms with E-state index >= 15 is 0 Å². The molecule has 1 aliphatic rings. The van der Waals surface area contributed by atoms with Crippen molar-refractivity contribution in [2.45, 2.75) is 13.5 Å². The lowest BCUT2D eigenvalue weighted by molar-refractivity contribution is -0.122. The van der Waals surface area contributed by atoms with Gasteiger partial charge in [-0.3, -0.25) is 19.7 Å². The first-order valence-electron chi connectivity index (χ1n) is 11.4. The number of nitrogens with zero attached hydrogens (tertiary/aromatic N) is 2. The minimum absolute atomic E-state index is 0.0209. The molecule has 37 heavy (non-hydrogen) atoms. The van der Waals surface area contributed by atoms with Gasteiger partial charge in [-0.1, -0.05) is 47.5 Å². The van der Waals surface area contributed by atoms with Crippen molar-refractivity contribution in [1.82, 2.24) is 9.88 Å². The summed E-state index contributed by atoms with van der Waals surface area (Å²) in [7, 11) is 0. The second-order valence-electron chi connectivity index (χ2n) is 8.58. The average Bonchev–Trinajstić information content (AvgIpc) is 3.21. The largest absolute Gasteiger partial charge is 0.337 e. The number of benzene rings is 3.